The van der Waals surface area contributed by atoms with Crippen LogP contribution in [0.25, 0.3) is 0 Å². The van der Waals surface area contributed by atoms with Crippen LogP contribution in [0.5, 0.6) is 5.75 Å². The maximum Gasteiger partial charge on any atom is 0.221 e. The maximum atomic E-state index is 11.5. The number of amides is 2. The topological polar surface area (TPSA) is 103 Å². The number of carbonyl (C=O) groups excluding carboxylic acids is 2. The number of phenols is 1. The Morgan fingerprint density at radius 2 is 1.17 bits per heavy atom. The van der Waals surface area contributed by atoms with Crippen molar-refractivity contribution in [3.8, 4) is 5.75 Å². The molecular formula is C28H30N4O3. The lowest BCUT2D eigenvalue weighted by Crippen LogP contribution is -2.12. The van der Waals surface area contributed by atoms with E-state index in [9.17, 15) is 14.7 Å². The van der Waals surface area contributed by atoms with Gasteiger partial charge in [0.15, 0.2) is 0 Å². The van der Waals surface area contributed by atoms with Crippen LogP contribution in [0.3, 0.4) is 0 Å². The van der Waals surface area contributed by atoms with E-state index in [0.717, 1.165) is 5.56 Å². The SMILES string of the molecule is CC(=O)Nc1ccccc1N=Cc1cc(C(C)(C)C)cc(C=Nc2ccccc2NC(C)=O)c1O. The van der Waals surface area contributed by atoms with Crippen LogP contribution in [0.4, 0.5) is 22.7 Å². The van der Waals surface area contributed by atoms with Gasteiger partial charge in [-0.25, -0.2) is 0 Å². The number of hydrogen-bond acceptors (Lipinski definition) is 5. The van der Waals surface area contributed by atoms with E-state index in [1.165, 1.54) is 13.8 Å². The number of phenolic OH excluding ortho intramolecular Hbond substituents is 1. The summed E-state index contributed by atoms with van der Waals surface area (Å²) in [7, 11) is 0. The van der Waals surface area contributed by atoms with Gasteiger partial charge in [-0.05, 0) is 47.4 Å². The summed E-state index contributed by atoms with van der Waals surface area (Å²) in [6.45, 7) is 9.13. The number of aliphatic imine (C=N–C) groups is 2. The summed E-state index contributed by atoms with van der Waals surface area (Å²) in [6, 6.07) is 18.2. The molecule has 0 saturated carbocycles. The molecule has 0 aliphatic rings. The molecule has 0 bridgehead atoms. The molecule has 0 heterocycles. The summed E-state index contributed by atoms with van der Waals surface area (Å²) in [5, 5.41) is 16.6. The van der Waals surface area contributed by atoms with Gasteiger partial charge in [-0.3, -0.25) is 19.6 Å². The Labute approximate surface area is 205 Å². The van der Waals surface area contributed by atoms with Gasteiger partial charge in [0.25, 0.3) is 0 Å². The van der Waals surface area contributed by atoms with Crippen LogP contribution in [-0.2, 0) is 15.0 Å². The number of para-hydroxylation sites is 4. The zero-order chi connectivity index (χ0) is 25.6. The van der Waals surface area contributed by atoms with Crippen molar-refractivity contribution in [2.45, 2.75) is 40.0 Å². The monoisotopic (exact) mass is 470 g/mol. The van der Waals surface area contributed by atoms with Gasteiger partial charge in [-0.2, -0.15) is 0 Å². The molecule has 0 aliphatic heterocycles. The Bertz CT molecular complexity index is 1210. The van der Waals surface area contributed by atoms with Crippen LogP contribution < -0.4 is 10.6 Å². The van der Waals surface area contributed by atoms with Gasteiger partial charge in [-0.15, -0.1) is 0 Å². The van der Waals surface area contributed by atoms with E-state index >= 15 is 0 Å². The summed E-state index contributed by atoms with van der Waals surface area (Å²) in [6.07, 6.45) is 3.15. The number of rotatable bonds is 6. The van der Waals surface area contributed by atoms with Crippen molar-refractivity contribution in [2.75, 3.05) is 10.6 Å². The number of aromatic hydroxyl groups is 1. The first-order chi connectivity index (χ1) is 16.5. The zero-order valence-corrected chi connectivity index (χ0v) is 20.6. The average Bonchev–Trinajstić information content (AvgIpc) is 2.78. The zero-order valence-electron chi connectivity index (χ0n) is 20.6. The number of hydrogen-bond donors (Lipinski definition) is 3. The Hall–Kier alpha value is -4.26. The second-order valence-electron chi connectivity index (χ2n) is 9.17. The van der Waals surface area contributed by atoms with Crippen molar-refractivity contribution in [2.24, 2.45) is 9.98 Å². The molecular weight excluding hydrogens is 440 g/mol. The van der Waals surface area contributed by atoms with E-state index in [1.807, 2.05) is 36.4 Å². The first kappa shape index (κ1) is 25.4. The number of nitrogens with zero attached hydrogens (tertiary/aromatic N) is 2. The maximum absolute atomic E-state index is 11.5. The van der Waals surface area contributed by atoms with Gasteiger partial charge >= 0.3 is 0 Å². The van der Waals surface area contributed by atoms with Crippen molar-refractivity contribution in [3.63, 3.8) is 0 Å². The van der Waals surface area contributed by atoms with Crippen molar-refractivity contribution < 1.29 is 14.7 Å². The van der Waals surface area contributed by atoms with Crippen molar-refractivity contribution in [3.05, 3.63) is 77.4 Å². The molecule has 0 spiro atoms. The van der Waals surface area contributed by atoms with E-state index in [0.29, 0.717) is 33.9 Å². The summed E-state index contributed by atoms with van der Waals surface area (Å²) in [4.78, 5) is 32.1. The standard InChI is InChI=1S/C28H30N4O3/c1-18(33)31-25-12-8-6-10-23(25)29-16-20-14-22(28(3,4)5)15-21(27(20)35)17-30-24-11-7-9-13-26(24)32-19(2)34/h6-17,35H,1-5H3,(H,31,33)(H,32,34). The molecule has 0 atom stereocenters. The highest BCUT2D eigenvalue weighted by molar-refractivity contribution is 5.97. The normalized spacial score (nSPS) is 11.7. The molecule has 0 radical (unpaired) electrons. The van der Waals surface area contributed by atoms with Gasteiger partial charge in [-0.1, -0.05) is 45.0 Å². The molecule has 7 heteroatoms. The first-order valence-electron chi connectivity index (χ1n) is 11.2. The molecule has 7 nitrogen and oxygen atoms in total. The lowest BCUT2D eigenvalue weighted by molar-refractivity contribution is -0.115. The molecule has 2 amide bonds. The van der Waals surface area contributed by atoms with Crippen LogP contribution in [0.15, 0.2) is 70.6 Å². The second kappa shape index (κ2) is 10.8. The largest absolute Gasteiger partial charge is 0.507 e. The van der Waals surface area contributed by atoms with Gasteiger partial charge in [0.05, 0.1) is 22.7 Å². The minimum absolute atomic E-state index is 0.0273. The molecule has 3 rings (SSSR count). The smallest absolute Gasteiger partial charge is 0.221 e. The molecule has 0 aromatic heterocycles. The van der Waals surface area contributed by atoms with E-state index in [-0.39, 0.29) is 23.0 Å². The molecule has 3 aromatic rings. The molecule has 3 aromatic carbocycles. The van der Waals surface area contributed by atoms with Crippen molar-refractivity contribution >= 4 is 47.0 Å². The molecule has 0 aliphatic carbocycles. The van der Waals surface area contributed by atoms with Crippen LogP contribution in [0, 0.1) is 0 Å². The number of anilines is 2. The number of carbonyl (C=O) groups is 2. The molecule has 35 heavy (non-hydrogen) atoms. The van der Waals surface area contributed by atoms with Crippen molar-refractivity contribution in [1.82, 2.24) is 0 Å². The summed E-state index contributed by atoms with van der Waals surface area (Å²) >= 11 is 0. The van der Waals surface area contributed by atoms with Crippen LogP contribution in [-0.4, -0.2) is 29.4 Å². The first-order valence-corrected chi connectivity index (χ1v) is 11.2. The quantitative estimate of drug-likeness (QED) is 0.379. The predicted octanol–water partition coefficient (Wildman–Crippen LogP) is 6.11. The number of benzene rings is 3. The Kier molecular flexibility index (Phi) is 7.81. The summed E-state index contributed by atoms with van der Waals surface area (Å²) < 4.78 is 0. The molecule has 0 saturated heterocycles. The van der Waals surface area contributed by atoms with Crippen LogP contribution >= 0.6 is 0 Å². The fraction of sp³-hybridized carbons (Fsp3) is 0.214. The highest BCUT2D eigenvalue weighted by Gasteiger charge is 2.18. The fourth-order valence-electron chi connectivity index (χ4n) is 3.35. The Morgan fingerprint density at radius 3 is 1.54 bits per heavy atom. The Balaban J connectivity index is 2.05. The van der Waals surface area contributed by atoms with E-state index < -0.39 is 0 Å². The van der Waals surface area contributed by atoms with Gasteiger partial charge in [0.1, 0.15) is 5.75 Å². The van der Waals surface area contributed by atoms with Gasteiger partial charge < -0.3 is 15.7 Å². The van der Waals surface area contributed by atoms with Crippen molar-refractivity contribution in [1.29, 1.82) is 0 Å². The van der Waals surface area contributed by atoms with Gasteiger partial charge in [0.2, 0.25) is 11.8 Å². The lowest BCUT2D eigenvalue weighted by atomic mass is 9.85. The van der Waals surface area contributed by atoms with Crippen LogP contribution in [0.1, 0.15) is 51.3 Å². The van der Waals surface area contributed by atoms with Gasteiger partial charge in [0, 0.05) is 37.4 Å². The molecule has 3 N–H and O–H groups in total. The third-order valence-electron chi connectivity index (χ3n) is 5.15. The predicted molar refractivity (Wildman–Crippen MR) is 143 cm³/mol. The third kappa shape index (κ3) is 6.86. The molecule has 0 unspecified atom stereocenters. The summed E-state index contributed by atoms with van der Waals surface area (Å²) in [5.41, 5.74) is 4.14. The molecule has 0 fully saturated rings. The minimum atomic E-state index is -0.193. The fourth-order valence-corrected chi connectivity index (χ4v) is 3.35. The summed E-state index contributed by atoms with van der Waals surface area (Å²) in [5.74, 6) is -0.356. The lowest BCUT2D eigenvalue weighted by Gasteiger charge is -2.21. The average molecular weight is 471 g/mol. The van der Waals surface area contributed by atoms with E-state index in [1.54, 1.807) is 36.7 Å². The highest BCUT2D eigenvalue weighted by Crippen LogP contribution is 2.32. The second-order valence-corrected chi connectivity index (χ2v) is 9.17. The Morgan fingerprint density at radius 1 is 0.771 bits per heavy atom. The third-order valence-corrected chi connectivity index (χ3v) is 5.15. The van der Waals surface area contributed by atoms with E-state index in [2.05, 4.69) is 41.4 Å². The minimum Gasteiger partial charge on any atom is -0.507 e. The molecule has 180 valence electrons. The van der Waals surface area contributed by atoms with Crippen LogP contribution in [0.2, 0.25) is 0 Å². The van der Waals surface area contributed by atoms with E-state index in [4.69, 9.17) is 0 Å². The highest BCUT2D eigenvalue weighted by atomic mass is 16.3. The number of nitrogens with one attached hydrogen (secondary N) is 2.